The Balaban J connectivity index is 1.69. The van der Waals surface area contributed by atoms with Gasteiger partial charge in [-0.1, -0.05) is 23.8 Å². The summed E-state index contributed by atoms with van der Waals surface area (Å²) in [6, 6.07) is 15.6. The molecule has 2 aromatic carbocycles. The van der Waals surface area contributed by atoms with Crippen LogP contribution in [0.5, 0.6) is 0 Å². The number of aromatic nitrogens is 2. The highest BCUT2D eigenvalue weighted by atomic mass is 16.6. The molecule has 3 rings (SSSR count). The van der Waals surface area contributed by atoms with Gasteiger partial charge in [0.25, 0.3) is 5.69 Å². The highest BCUT2D eigenvalue weighted by Crippen LogP contribution is 2.19. The second kappa shape index (κ2) is 7.69. The maximum Gasteiger partial charge on any atom is 0.271 e. The van der Waals surface area contributed by atoms with Gasteiger partial charge in [-0.25, -0.2) is 4.68 Å². The highest BCUT2D eigenvalue weighted by Gasteiger charge is 2.12. The average molecular weight is 365 g/mol. The third-order valence-electron chi connectivity index (χ3n) is 3.89. The summed E-state index contributed by atoms with van der Waals surface area (Å²) in [5, 5.41) is 20.9. The Hall–Kier alpha value is -3.68. The van der Waals surface area contributed by atoms with E-state index < -0.39 is 4.92 Å². The predicted molar refractivity (Wildman–Crippen MR) is 103 cm³/mol. The number of nitro benzene ring substituents is 1. The van der Waals surface area contributed by atoms with Gasteiger partial charge in [0.1, 0.15) is 5.82 Å². The fraction of sp³-hybridized carbons (Fsp3) is 0.158. The van der Waals surface area contributed by atoms with E-state index in [2.05, 4.69) is 15.7 Å². The van der Waals surface area contributed by atoms with Gasteiger partial charge in [0, 0.05) is 23.9 Å². The fourth-order valence-electron chi connectivity index (χ4n) is 2.57. The Labute approximate surface area is 156 Å². The summed E-state index contributed by atoms with van der Waals surface area (Å²) >= 11 is 0. The molecule has 2 N–H and O–H groups in total. The molecule has 1 aromatic heterocycles. The highest BCUT2D eigenvalue weighted by molar-refractivity contribution is 5.93. The minimum Gasteiger partial charge on any atom is -0.376 e. The van der Waals surface area contributed by atoms with Crippen LogP contribution in [0, 0.1) is 24.0 Å². The number of benzene rings is 2. The lowest BCUT2D eigenvalue weighted by Gasteiger charge is -2.10. The Morgan fingerprint density at radius 2 is 1.89 bits per heavy atom. The van der Waals surface area contributed by atoms with E-state index in [4.69, 9.17) is 0 Å². The Morgan fingerprint density at radius 1 is 1.15 bits per heavy atom. The van der Waals surface area contributed by atoms with Gasteiger partial charge in [-0.3, -0.25) is 14.9 Å². The van der Waals surface area contributed by atoms with Crippen molar-refractivity contribution in [1.29, 1.82) is 0 Å². The average Bonchev–Trinajstić information content (AvgIpc) is 3.01. The lowest BCUT2D eigenvalue weighted by atomic mass is 10.2. The van der Waals surface area contributed by atoms with E-state index in [1.54, 1.807) is 22.9 Å². The molecule has 0 aliphatic carbocycles. The molecule has 138 valence electrons. The third-order valence-corrected chi connectivity index (χ3v) is 3.89. The van der Waals surface area contributed by atoms with Crippen LogP contribution in [-0.4, -0.2) is 27.2 Å². The van der Waals surface area contributed by atoms with Gasteiger partial charge < -0.3 is 10.6 Å². The summed E-state index contributed by atoms with van der Waals surface area (Å²) in [5.74, 6) is 0.275. The van der Waals surface area contributed by atoms with Crippen LogP contribution in [0.3, 0.4) is 0 Å². The molecule has 0 bridgehead atoms. The lowest BCUT2D eigenvalue weighted by molar-refractivity contribution is -0.384. The summed E-state index contributed by atoms with van der Waals surface area (Å²) in [6.07, 6.45) is 0. The largest absolute Gasteiger partial charge is 0.376 e. The number of nitrogens with zero attached hydrogens (tertiary/aromatic N) is 3. The van der Waals surface area contributed by atoms with Crippen LogP contribution >= 0.6 is 0 Å². The van der Waals surface area contributed by atoms with E-state index >= 15 is 0 Å². The Morgan fingerprint density at radius 3 is 2.59 bits per heavy atom. The van der Waals surface area contributed by atoms with Gasteiger partial charge in [-0.2, -0.15) is 5.10 Å². The van der Waals surface area contributed by atoms with Crippen LogP contribution in [0.2, 0.25) is 0 Å². The number of carbonyl (C=O) groups excluding carboxylic acids is 1. The quantitative estimate of drug-likeness (QED) is 0.514. The van der Waals surface area contributed by atoms with E-state index in [-0.39, 0.29) is 18.1 Å². The van der Waals surface area contributed by atoms with Gasteiger partial charge in [0.05, 0.1) is 22.8 Å². The normalized spacial score (nSPS) is 10.4. The second-order valence-corrected chi connectivity index (χ2v) is 6.13. The standard InChI is InChI=1S/C19H19N5O3/c1-13-6-8-16(9-7-13)23-18(10-14(2)22-23)21-19(25)12-20-15-4-3-5-17(11-15)24(26)27/h3-11,20H,12H2,1-2H3,(H,21,25). The van der Waals surface area contributed by atoms with Crippen molar-refractivity contribution in [1.82, 2.24) is 9.78 Å². The molecule has 0 unspecified atom stereocenters. The number of nitro groups is 1. The number of nitrogens with one attached hydrogen (secondary N) is 2. The first-order valence-electron chi connectivity index (χ1n) is 8.34. The fourth-order valence-corrected chi connectivity index (χ4v) is 2.57. The summed E-state index contributed by atoms with van der Waals surface area (Å²) in [7, 11) is 0. The first-order valence-corrected chi connectivity index (χ1v) is 8.34. The van der Waals surface area contributed by atoms with E-state index in [0.717, 1.165) is 16.9 Å². The molecule has 0 fully saturated rings. The number of hydrogen-bond donors (Lipinski definition) is 2. The number of aryl methyl sites for hydroxylation is 2. The minimum atomic E-state index is -0.478. The van der Waals surface area contributed by atoms with E-state index in [1.165, 1.54) is 12.1 Å². The van der Waals surface area contributed by atoms with Crippen LogP contribution in [0.25, 0.3) is 5.69 Å². The molecule has 1 amide bonds. The van der Waals surface area contributed by atoms with Crippen LogP contribution in [-0.2, 0) is 4.79 Å². The molecular formula is C19H19N5O3. The molecule has 0 aliphatic heterocycles. The number of amides is 1. The van der Waals surface area contributed by atoms with Crippen LogP contribution in [0.4, 0.5) is 17.2 Å². The predicted octanol–water partition coefficient (Wildman–Crippen LogP) is 3.45. The van der Waals surface area contributed by atoms with Gasteiger partial charge in [-0.05, 0) is 32.0 Å². The van der Waals surface area contributed by atoms with Gasteiger partial charge in [0.2, 0.25) is 5.91 Å². The summed E-state index contributed by atoms with van der Waals surface area (Å²) in [4.78, 5) is 22.6. The zero-order valence-corrected chi connectivity index (χ0v) is 15.0. The van der Waals surface area contributed by atoms with Crippen LogP contribution in [0.15, 0.2) is 54.6 Å². The Bertz CT molecular complexity index is 979. The number of rotatable bonds is 6. The molecule has 0 saturated carbocycles. The van der Waals surface area contributed by atoms with Crippen molar-refractivity contribution < 1.29 is 9.72 Å². The van der Waals surface area contributed by atoms with Crippen molar-refractivity contribution in [2.24, 2.45) is 0 Å². The number of carbonyl (C=O) groups is 1. The second-order valence-electron chi connectivity index (χ2n) is 6.13. The SMILES string of the molecule is Cc1ccc(-n2nc(C)cc2NC(=O)CNc2cccc([N+](=O)[O-])c2)cc1. The maximum atomic E-state index is 12.3. The topological polar surface area (TPSA) is 102 Å². The van der Waals surface area contributed by atoms with E-state index in [9.17, 15) is 14.9 Å². The molecule has 0 aliphatic rings. The summed E-state index contributed by atoms with van der Waals surface area (Å²) < 4.78 is 1.67. The number of anilines is 2. The number of non-ortho nitro benzene ring substituents is 1. The van der Waals surface area contributed by atoms with Gasteiger partial charge in [0.15, 0.2) is 0 Å². The molecule has 27 heavy (non-hydrogen) atoms. The molecule has 1 heterocycles. The van der Waals surface area contributed by atoms with Crippen molar-refractivity contribution in [2.75, 3.05) is 17.2 Å². The van der Waals surface area contributed by atoms with Crippen LogP contribution < -0.4 is 10.6 Å². The van der Waals surface area contributed by atoms with E-state index in [0.29, 0.717) is 11.5 Å². The first-order chi connectivity index (χ1) is 12.9. The number of hydrogen-bond acceptors (Lipinski definition) is 5. The first kappa shape index (κ1) is 18.1. The lowest BCUT2D eigenvalue weighted by Crippen LogP contribution is -2.23. The van der Waals surface area contributed by atoms with Crippen molar-refractivity contribution in [3.63, 3.8) is 0 Å². The summed E-state index contributed by atoms with van der Waals surface area (Å²) in [6.45, 7) is 3.82. The molecule has 0 atom stereocenters. The third kappa shape index (κ3) is 4.49. The zero-order chi connectivity index (χ0) is 19.4. The monoisotopic (exact) mass is 365 g/mol. The molecular weight excluding hydrogens is 346 g/mol. The molecule has 3 aromatic rings. The van der Waals surface area contributed by atoms with Crippen molar-refractivity contribution in [2.45, 2.75) is 13.8 Å². The maximum absolute atomic E-state index is 12.3. The van der Waals surface area contributed by atoms with E-state index in [1.807, 2.05) is 38.1 Å². The van der Waals surface area contributed by atoms with Crippen molar-refractivity contribution >= 4 is 23.1 Å². The van der Waals surface area contributed by atoms with Gasteiger partial charge in [-0.15, -0.1) is 0 Å². The summed E-state index contributed by atoms with van der Waals surface area (Å²) in [5.41, 5.74) is 3.22. The molecule has 0 radical (unpaired) electrons. The Kier molecular flexibility index (Phi) is 5.16. The van der Waals surface area contributed by atoms with Gasteiger partial charge >= 0.3 is 0 Å². The zero-order valence-electron chi connectivity index (χ0n) is 15.0. The molecule has 8 heteroatoms. The minimum absolute atomic E-state index is 0.0285. The van der Waals surface area contributed by atoms with Crippen LogP contribution in [0.1, 0.15) is 11.3 Å². The smallest absolute Gasteiger partial charge is 0.271 e. The van der Waals surface area contributed by atoms with Crippen molar-refractivity contribution in [3.05, 3.63) is 76.0 Å². The van der Waals surface area contributed by atoms with Crippen molar-refractivity contribution in [3.8, 4) is 5.69 Å². The molecule has 0 saturated heterocycles. The molecule has 8 nitrogen and oxygen atoms in total. The molecule has 0 spiro atoms.